The normalized spacial score (nSPS) is 21.1. The van der Waals surface area contributed by atoms with Crippen molar-refractivity contribution in [3.63, 3.8) is 0 Å². The van der Waals surface area contributed by atoms with Crippen LogP contribution in [-0.4, -0.2) is 25.0 Å². The van der Waals surface area contributed by atoms with Gasteiger partial charge in [0.15, 0.2) is 0 Å². The second kappa shape index (κ2) is 7.19. The van der Waals surface area contributed by atoms with E-state index < -0.39 is 6.03 Å². The fourth-order valence-corrected chi connectivity index (χ4v) is 3.32. The van der Waals surface area contributed by atoms with E-state index >= 15 is 0 Å². The number of amides is 3. The Labute approximate surface area is 142 Å². The van der Waals surface area contributed by atoms with Crippen LogP contribution in [0.3, 0.4) is 0 Å². The Morgan fingerprint density at radius 3 is 2.48 bits per heavy atom. The van der Waals surface area contributed by atoms with Gasteiger partial charge in [-0.1, -0.05) is 12.1 Å². The zero-order valence-corrected chi connectivity index (χ0v) is 13.7. The first-order chi connectivity index (χ1) is 10.6. The minimum Gasteiger partial charge on any atom is -0.352 e. The van der Waals surface area contributed by atoms with Gasteiger partial charge in [-0.15, -0.1) is 12.4 Å². The van der Waals surface area contributed by atoms with Crippen molar-refractivity contribution < 1.29 is 9.59 Å². The molecule has 1 saturated heterocycles. The zero-order valence-electron chi connectivity index (χ0n) is 12.9. The average Bonchev–Trinajstić information content (AvgIpc) is 3.20. The number of carbonyl (C=O) groups excluding carboxylic acids is 2. The van der Waals surface area contributed by atoms with Crippen molar-refractivity contribution in [2.24, 2.45) is 17.1 Å². The fourth-order valence-electron chi connectivity index (χ4n) is 3.32. The summed E-state index contributed by atoms with van der Waals surface area (Å²) < 4.78 is 0. The van der Waals surface area contributed by atoms with Gasteiger partial charge in [-0.3, -0.25) is 4.79 Å². The smallest absolute Gasteiger partial charge is 0.312 e. The highest BCUT2D eigenvalue weighted by molar-refractivity contribution is 5.95. The van der Waals surface area contributed by atoms with Crippen LogP contribution in [0.4, 0.5) is 10.5 Å². The van der Waals surface area contributed by atoms with E-state index in [4.69, 9.17) is 5.73 Å². The molecule has 1 spiro atoms. The molecule has 2 fully saturated rings. The molecule has 7 heteroatoms. The SMILES string of the molecule is Cl.NC(=O)NCc1ccc(NC(=O)C2CC23CCNCC3)cc1. The third kappa shape index (κ3) is 4.14. The number of rotatable bonds is 4. The molecule has 3 rings (SSSR count). The van der Waals surface area contributed by atoms with Crippen LogP contribution >= 0.6 is 12.4 Å². The molecule has 0 bridgehead atoms. The topological polar surface area (TPSA) is 96.2 Å². The quantitative estimate of drug-likeness (QED) is 0.671. The number of piperidine rings is 1. The van der Waals surface area contributed by atoms with Gasteiger partial charge in [0.05, 0.1) is 0 Å². The predicted molar refractivity (Wildman–Crippen MR) is 91.4 cm³/mol. The maximum Gasteiger partial charge on any atom is 0.312 e. The maximum atomic E-state index is 12.3. The standard InChI is InChI=1S/C16H22N4O2.ClH/c17-15(22)19-10-11-1-3-12(4-2-11)20-14(21)13-9-16(13)5-7-18-8-6-16;/h1-4,13,18H,5-10H2,(H,20,21)(H3,17,19,22);1H. The Morgan fingerprint density at radius 1 is 1.22 bits per heavy atom. The summed E-state index contributed by atoms with van der Waals surface area (Å²) in [5, 5.41) is 8.88. The minimum absolute atomic E-state index is 0. The van der Waals surface area contributed by atoms with E-state index in [1.165, 1.54) is 0 Å². The second-order valence-corrected chi connectivity index (χ2v) is 6.27. The molecule has 3 amide bonds. The van der Waals surface area contributed by atoms with Gasteiger partial charge in [0, 0.05) is 18.2 Å². The van der Waals surface area contributed by atoms with Crippen LogP contribution in [0.15, 0.2) is 24.3 Å². The van der Waals surface area contributed by atoms with Gasteiger partial charge in [0.25, 0.3) is 0 Å². The third-order valence-electron chi connectivity index (χ3n) is 4.79. The summed E-state index contributed by atoms with van der Waals surface area (Å²) in [6, 6.07) is 6.91. The molecule has 1 unspecified atom stereocenters. The van der Waals surface area contributed by atoms with Crippen molar-refractivity contribution in [3.05, 3.63) is 29.8 Å². The van der Waals surface area contributed by atoms with Crippen LogP contribution < -0.4 is 21.7 Å². The van der Waals surface area contributed by atoms with Crippen molar-refractivity contribution in [2.75, 3.05) is 18.4 Å². The number of benzene rings is 1. The van der Waals surface area contributed by atoms with E-state index in [1.54, 1.807) is 0 Å². The Morgan fingerprint density at radius 2 is 1.87 bits per heavy atom. The molecule has 23 heavy (non-hydrogen) atoms. The van der Waals surface area contributed by atoms with Gasteiger partial charge in [-0.2, -0.15) is 0 Å². The molecule has 5 N–H and O–H groups in total. The maximum absolute atomic E-state index is 12.3. The Hall–Kier alpha value is -1.79. The van der Waals surface area contributed by atoms with Crippen molar-refractivity contribution >= 4 is 30.0 Å². The molecule has 1 aliphatic carbocycles. The Kier molecular flexibility index (Phi) is 5.49. The predicted octanol–water partition coefficient (Wildman–Crippen LogP) is 1.60. The van der Waals surface area contributed by atoms with E-state index in [0.717, 1.165) is 43.6 Å². The van der Waals surface area contributed by atoms with Crippen LogP contribution in [-0.2, 0) is 11.3 Å². The molecule has 1 aliphatic heterocycles. The first kappa shape index (κ1) is 17.6. The summed E-state index contributed by atoms with van der Waals surface area (Å²) in [6.45, 7) is 2.43. The Balaban J connectivity index is 0.00000192. The molecule has 1 heterocycles. The number of hydrogen-bond acceptors (Lipinski definition) is 3. The lowest BCUT2D eigenvalue weighted by atomic mass is 9.92. The molecule has 6 nitrogen and oxygen atoms in total. The molecule has 1 saturated carbocycles. The van der Waals surface area contributed by atoms with Crippen molar-refractivity contribution in [1.29, 1.82) is 0 Å². The monoisotopic (exact) mass is 338 g/mol. The molecular weight excluding hydrogens is 316 g/mol. The lowest BCUT2D eigenvalue weighted by Gasteiger charge is -2.23. The number of nitrogens with two attached hydrogens (primary N) is 1. The highest BCUT2D eigenvalue weighted by atomic mass is 35.5. The van der Waals surface area contributed by atoms with E-state index in [2.05, 4.69) is 16.0 Å². The second-order valence-electron chi connectivity index (χ2n) is 6.27. The summed E-state index contributed by atoms with van der Waals surface area (Å²) >= 11 is 0. The third-order valence-corrected chi connectivity index (χ3v) is 4.79. The summed E-state index contributed by atoms with van der Waals surface area (Å²) in [4.78, 5) is 23.0. The van der Waals surface area contributed by atoms with E-state index in [-0.39, 0.29) is 29.6 Å². The van der Waals surface area contributed by atoms with E-state index in [1.807, 2.05) is 24.3 Å². The van der Waals surface area contributed by atoms with Crippen molar-refractivity contribution in [2.45, 2.75) is 25.8 Å². The first-order valence-corrected chi connectivity index (χ1v) is 7.73. The largest absolute Gasteiger partial charge is 0.352 e. The van der Waals surface area contributed by atoms with Crippen LogP contribution in [0.25, 0.3) is 0 Å². The lowest BCUT2D eigenvalue weighted by molar-refractivity contribution is -0.118. The molecule has 1 aromatic rings. The van der Waals surface area contributed by atoms with Crippen LogP contribution in [0, 0.1) is 11.3 Å². The number of carbonyl (C=O) groups is 2. The fraction of sp³-hybridized carbons (Fsp3) is 0.500. The number of hydrogen-bond donors (Lipinski definition) is 4. The molecule has 1 atom stereocenters. The highest BCUT2D eigenvalue weighted by Gasteiger charge is 2.57. The van der Waals surface area contributed by atoms with Crippen LogP contribution in [0.2, 0.25) is 0 Å². The average molecular weight is 339 g/mol. The molecular formula is C16H23ClN4O2. The van der Waals surface area contributed by atoms with Crippen molar-refractivity contribution in [1.82, 2.24) is 10.6 Å². The summed E-state index contributed by atoms with van der Waals surface area (Å²) in [6.07, 6.45) is 3.22. The first-order valence-electron chi connectivity index (χ1n) is 7.73. The number of urea groups is 1. The molecule has 2 aliphatic rings. The summed E-state index contributed by atoms with van der Waals surface area (Å²) in [5.41, 5.74) is 7.02. The molecule has 0 radical (unpaired) electrons. The van der Waals surface area contributed by atoms with Gasteiger partial charge in [-0.25, -0.2) is 4.79 Å². The van der Waals surface area contributed by atoms with Gasteiger partial charge >= 0.3 is 6.03 Å². The minimum atomic E-state index is -0.543. The van der Waals surface area contributed by atoms with E-state index in [9.17, 15) is 9.59 Å². The van der Waals surface area contributed by atoms with Crippen LogP contribution in [0.1, 0.15) is 24.8 Å². The molecule has 0 aromatic heterocycles. The number of primary amides is 1. The molecule has 1 aromatic carbocycles. The van der Waals surface area contributed by atoms with Gasteiger partial charge in [-0.05, 0) is 55.5 Å². The molecule has 126 valence electrons. The highest BCUT2D eigenvalue weighted by Crippen LogP contribution is 2.58. The number of nitrogens with one attached hydrogen (secondary N) is 3. The summed E-state index contributed by atoms with van der Waals surface area (Å²) in [5.74, 6) is 0.288. The van der Waals surface area contributed by atoms with Gasteiger partial charge in [0.2, 0.25) is 5.91 Å². The number of anilines is 1. The van der Waals surface area contributed by atoms with Crippen molar-refractivity contribution in [3.8, 4) is 0 Å². The van der Waals surface area contributed by atoms with Gasteiger partial charge < -0.3 is 21.7 Å². The van der Waals surface area contributed by atoms with Gasteiger partial charge in [0.1, 0.15) is 0 Å². The summed E-state index contributed by atoms with van der Waals surface area (Å²) in [7, 11) is 0. The Bertz CT molecular complexity index is 570. The van der Waals surface area contributed by atoms with E-state index in [0.29, 0.717) is 6.54 Å². The zero-order chi connectivity index (χ0) is 15.6. The lowest BCUT2D eigenvalue weighted by Crippen LogP contribution is -2.31. The number of halogens is 1. The van der Waals surface area contributed by atoms with Crippen LogP contribution in [0.5, 0.6) is 0 Å².